The van der Waals surface area contributed by atoms with E-state index >= 15 is 0 Å². The SMILES string of the molecule is C1=CCN(N2C=CC=CC2)C=C1.[CH3-].[CH3-].[Ni+2]. The van der Waals surface area contributed by atoms with Gasteiger partial charge >= 0.3 is 16.5 Å². The molecule has 0 spiro atoms. The standard InChI is InChI=1S/C10H12N2.2CH3.Ni/c1-3-7-11(8-4-1)12-9-5-2-6-10-12;;;/h1-7,9H,8,10H2;2*1H3;/q;2*-1;+2. The second-order valence-corrected chi connectivity index (χ2v) is 2.78. The zero-order valence-electron chi connectivity index (χ0n) is 9.24. The third-order valence-electron chi connectivity index (χ3n) is 1.93. The number of rotatable bonds is 1. The Bertz CT molecular complexity index is 239. The van der Waals surface area contributed by atoms with Crippen LogP contribution in [0, 0.1) is 14.9 Å². The quantitative estimate of drug-likeness (QED) is 0.520. The first-order valence-corrected chi connectivity index (χ1v) is 4.17. The predicted octanol–water partition coefficient (Wildman–Crippen LogP) is 2.57. The molecule has 0 aromatic carbocycles. The molecule has 0 unspecified atom stereocenters. The summed E-state index contributed by atoms with van der Waals surface area (Å²) in [5, 5.41) is 4.36. The van der Waals surface area contributed by atoms with E-state index in [1.54, 1.807) is 0 Å². The Morgan fingerprint density at radius 1 is 0.667 bits per heavy atom. The van der Waals surface area contributed by atoms with Crippen LogP contribution in [0.25, 0.3) is 0 Å². The fraction of sp³-hybridized carbons (Fsp3) is 0.167. The summed E-state index contributed by atoms with van der Waals surface area (Å²) in [5.74, 6) is 0. The molecule has 15 heavy (non-hydrogen) atoms. The summed E-state index contributed by atoms with van der Waals surface area (Å²) < 4.78 is 0. The molecular formula is C12H18N2Ni. The van der Waals surface area contributed by atoms with Gasteiger partial charge in [-0.15, -0.1) is 0 Å². The molecule has 2 heterocycles. The molecule has 2 aliphatic rings. The van der Waals surface area contributed by atoms with E-state index in [1.807, 2.05) is 0 Å². The van der Waals surface area contributed by atoms with Gasteiger partial charge in [-0.2, -0.15) is 0 Å². The number of nitrogens with zero attached hydrogens (tertiary/aromatic N) is 2. The summed E-state index contributed by atoms with van der Waals surface area (Å²) in [4.78, 5) is 0. The van der Waals surface area contributed by atoms with Gasteiger partial charge in [-0.05, 0) is 12.2 Å². The molecule has 0 saturated carbocycles. The van der Waals surface area contributed by atoms with Gasteiger partial charge in [0, 0.05) is 12.4 Å². The van der Waals surface area contributed by atoms with Crippen LogP contribution >= 0.6 is 0 Å². The Hall–Kier alpha value is -0.946. The van der Waals surface area contributed by atoms with Crippen LogP contribution in [0.3, 0.4) is 0 Å². The van der Waals surface area contributed by atoms with Gasteiger partial charge in [-0.3, -0.25) is 10.0 Å². The third-order valence-corrected chi connectivity index (χ3v) is 1.93. The van der Waals surface area contributed by atoms with Crippen LogP contribution in [0.1, 0.15) is 0 Å². The van der Waals surface area contributed by atoms with Crippen LogP contribution in [-0.4, -0.2) is 23.1 Å². The van der Waals surface area contributed by atoms with E-state index in [2.05, 4.69) is 58.9 Å². The Balaban J connectivity index is 0. The van der Waals surface area contributed by atoms with Crippen molar-refractivity contribution < 1.29 is 16.5 Å². The molecule has 0 radical (unpaired) electrons. The summed E-state index contributed by atoms with van der Waals surface area (Å²) in [6.07, 6.45) is 16.7. The summed E-state index contributed by atoms with van der Waals surface area (Å²) in [6, 6.07) is 0. The number of hydrogen-bond acceptors (Lipinski definition) is 2. The van der Waals surface area contributed by atoms with E-state index in [0.717, 1.165) is 13.1 Å². The second-order valence-electron chi connectivity index (χ2n) is 2.78. The molecule has 0 saturated heterocycles. The van der Waals surface area contributed by atoms with Crippen molar-refractivity contribution in [2.75, 3.05) is 13.1 Å². The minimum Gasteiger partial charge on any atom is -0.358 e. The number of hydrazine groups is 1. The predicted molar refractivity (Wildman–Crippen MR) is 62.8 cm³/mol. The molecule has 0 bridgehead atoms. The maximum Gasteiger partial charge on any atom is 2.00 e. The van der Waals surface area contributed by atoms with Gasteiger partial charge in [-0.1, -0.05) is 24.3 Å². The first-order chi connectivity index (χ1) is 5.97. The molecule has 0 aromatic rings. The van der Waals surface area contributed by atoms with Crippen molar-refractivity contribution in [3.05, 3.63) is 63.7 Å². The van der Waals surface area contributed by atoms with Gasteiger partial charge in [0.25, 0.3) is 0 Å². The van der Waals surface area contributed by atoms with E-state index in [4.69, 9.17) is 0 Å². The molecule has 2 nitrogen and oxygen atoms in total. The van der Waals surface area contributed by atoms with Crippen molar-refractivity contribution in [1.82, 2.24) is 10.0 Å². The normalized spacial score (nSPS) is 16.5. The monoisotopic (exact) mass is 248 g/mol. The minimum absolute atomic E-state index is 0. The Morgan fingerprint density at radius 2 is 1.07 bits per heavy atom. The molecule has 0 aromatic heterocycles. The molecule has 0 N–H and O–H groups in total. The van der Waals surface area contributed by atoms with Gasteiger partial charge < -0.3 is 14.9 Å². The van der Waals surface area contributed by atoms with E-state index in [0.29, 0.717) is 0 Å². The topological polar surface area (TPSA) is 6.48 Å². The van der Waals surface area contributed by atoms with Crippen LogP contribution in [0.2, 0.25) is 0 Å². The van der Waals surface area contributed by atoms with Gasteiger partial charge in [0.2, 0.25) is 0 Å². The molecule has 2 rings (SSSR count). The molecule has 0 amide bonds. The van der Waals surface area contributed by atoms with Crippen molar-refractivity contribution >= 4 is 0 Å². The molecule has 3 heteroatoms. The van der Waals surface area contributed by atoms with Crippen LogP contribution in [0.5, 0.6) is 0 Å². The maximum atomic E-state index is 2.18. The molecule has 2 aliphatic heterocycles. The Kier molecular flexibility index (Phi) is 9.20. The van der Waals surface area contributed by atoms with Crippen molar-refractivity contribution in [2.24, 2.45) is 0 Å². The smallest absolute Gasteiger partial charge is 0.358 e. The summed E-state index contributed by atoms with van der Waals surface area (Å²) >= 11 is 0. The average molecular weight is 249 g/mol. The zero-order chi connectivity index (χ0) is 8.23. The van der Waals surface area contributed by atoms with Gasteiger partial charge in [-0.25, -0.2) is 0 Å². The van der Waals surface area contributed by atoms with E-state index in [9.17, 15) is 0 Å². The van der Waals surface area contributed by atoms with Crippen LogP contribution in [-0.2, 0) is 16.5 Å². The minimum atomic E-state index is 0. The average Bonchev–Trinajstić information content (AvgIpc) is 2.21. The Labute approximate surface area is 104 Å². The fourth-order valence-corrected chi connectivity index (χ4v) is 1.30. The van der Waals surface area contributed by atoms with E-state index in [-0.39, 0.29) is 31.3 Å². The first kappa shape index (κ1) is 16.5. The van der Waals surface area contributed by atoms with Gasteiger partial charge in [0.15, 0.2) is 0 Å². The molecule has 0 aliphatic carbocycles. The van der Waals surface area contributed by atoms with Gasteiger partial charge in [0.05, 0.1) is 13.1 Å². The van der Waals surface area contributed by atoms with Crippen LogP contribution in [0.4, 0.5) is 0 Å². The van der Waals surface area contributed by atoms with Crippen molar-refractivity contribution in [2.45, 2.75) is 0 Å². The van der Waals surface area contributed by atoms with E-state index < -0.39 is 0 Å². The largest absolute Gasteiger partial charge is 2.00 e. The van der Waals surface area contributed by atoms with Crippen molar-refractivity contribution in [3.8, 4) is 0 Å². The van der Waals surface area contributed by atoms with E-state index in [1.165, 1.54) is 0 Å². The third kappa shape index (κ3) is 4.39. The number of hydrogen-bond donors (Lipinski definition) is 0. The first-order valence-electron chi connectivity index (χ1n) is 4.17. The number of allylic oxidation sites excluding steroid dienone is 4. The summed E-state index contributed by atoms with van der Waals surface area (Å²) in [6.45, 7) is 1.93. The molecule has 0 fully saturated rings. The van der Waals surface area contributed by atoms with Crippen LogP contribution in [0.15, 0.2) is 48.9 Å². The summed E-state index contributed by atoms with van der Waals surface area (Å²) in [7, 11) is 0. The maximum absolute atomic E-state index is 2.18. The van der Waals surface area contributed by atoms with Crippen molar-refractivity contribution in [1.29, 1.82) is 0 Å². The summed E-state index contributed by atoms with van der Waals surface area (Å²) in [5.41, 5.74) is 0. The molecule has 0 atom stereocenters. The van der Waals surface area contributed by atoms with Crippen LogP contribution < -0.4 is 0 Å². The second kappa shape index (κ2) is 8.37. The van der Waals surface area contributed by atoms with Gasteiger partial charge in [0.1, 0.15) is 0 Å². The Morgan fingerprint density at radius 3 is 1.33 bits per heavy atom. The fourth-order valence-electron chi connectivity index (χ4n) is 1.30. The molecule has 86 valence electrons. The van der Waals surface area contributed by atoms with Crippen molar-refractivity contribution in [3.63, 3.8) is 0 Å². The zero-order valence-corrected chi connectivity index (χ0v) is 10.2. The molecular weight excluding hydrogens is 231 g/mol.